The zero-order chi connectivity index (χ0) is 15.4. The molecule has 0 aromatic carbocycles. The molecule has 1 unspecified atom stereocenters. The number of ether oxygens (including phenoxy) is 1. The highest BCUT2D eigenvalue weighted by Gasteiger charge is 2.29. The van der Waals surface area contributed by atoms with Crippen LogP contribution in [-0.4, -0.2) is 41.5 Å². The van der Waals surface area contributed by atoms with Crippen molar-refractivity contribution in [2.75, 3.05) is 13.7 Å². The first-order valence-electron chi connectivity index (χ1n) is 7.03. The number of hydrogen-bond donors (Lipinski definition) is 0. The minimum atomic E-state index is -0.288. The Hall–Kier alpha value is -1.62. The third-order valence-electron chi connectivity index (χ3n) is 3.69. The van der Waals surface area contributed by atoms with Crippen LogP contribution in [0.5, 0.6) is 0 Å². The number of esters is 1. The van der Waals surface area contributed by atoms with Crippen molar-refractivity contribution in [3.63, 3.8) is 0 Å². The maximum atomic E-state index is 12.7. The summed E-state index contributed by atoms with van der Waals surface area (Å²) in [4.78, 5) is 30.0. The number of halogens is 1. The highest BCUT2D eigenvalue weighted by atomic mass is 35.5. The maximum absolute atomic E-state index is 12.7. The molecule has 1 aliphatic rings. The van der Waals surface area contributed by atoms with Crippen molar-refractivity contribution < 1.29 is 14.3 Å². The quantitative estimate of drug-likeness (QED) is 0.636. The summed E-state index contributed by atoms with van der Waals surface area (Å²) in [5.74, 6) is -0.389. The second-order valence-corrected chi connectivity index (χ2v) is 5.64. The smallest absolute Gasteiger partial charge is 0.307 e. The number of methoxy groups -OCH3 is 1. The number of carbonyl (C=O) groups is 2. The Morgan fingerprint density at radius 3 is 2.86 bits per heavy atom. The van der Waals surface area contributed by atoms with Gasteiger partial charge >= 0.3 is 5.97 Å². The standard InChI is InChI=1S/C15H19ClN2O3/c1-10-7-11(8-13(16)17-10)15(20)18-6-4-3-5-12(18)9-14(19)21-2/h7-8,12H,3-6,9H2,1-2H3. The zero-order valence-corrected chi connectivity index (χ0v) is 13.0. The largest absolute Gasteiger partial charge is 0.469 e. The van der Waals surface area contributed by atoms with Gasteiger partial charge in [0.1, 0.15) is 5.15 Å². The number of pyridine rings is 1. The first-order chi connectivity index (χ1) is 10.0. The molecule has 6 heteroatoms. The minimum Gasteiger partial charge on any atom is -0.469 e. The van der Waals surface area contributed by atoms with E-state index in [1.54, 1.807) is 24.0 Å². The highest BCUT2D eigenvalue weighted by molar-refractivity contribution is 6.29. The van der Waals surface area contributed by atoms with Crippen LogP contribution < -0.4 is 0 Å². The Morgan fingerprint density at radius 1 is 1.43 bits per heavy atom. The zero-order valence-electron chi connectivity index (χ0n) is 12.3. The van der Waals surface area contributed by atoms with E-state index < -0.39 is 0 Å². The van der Waals surface area contributed by atoms with Crippen LogP contribution in [0.15, 0.2) is 12.1 Å². The molecule has 0 spiro atoms. The molecule has 1 saturated heterocycles. The normalized spacial score (nSPS) is 18.4. The van der Waals surface area contributed by atoms with Crippen molar-refractivity contribution in [3.05, 3.63) is 28.5 Å². The average molecular weight is 311 g/mol. The van der Waals surface area contributed by atoms with Crippen molar-refractivity contribution in [2.45, 2.75) is 38.6 Å². The number of aryl methyl sites for hydroxylation is 1. The number of likely N-dealkylation sites (tertiary alicyclic amines) is 1. The summed E-state index contributed by atoms with van der Waals surface area (Å²) in [6.45, 7) is 2.45. The number of nitrogens with zero attached hydrogens (tertiary/aromatic N) is 2. The Morgan fingerprint density at radius 2 is 2.19 bits per heavy atom. The first kappa shape index (κ1) is 15.8. The average Bonchev–Trinajstić information content (AvgIpc) is 2.46. The van der Waals surface area contributed by atoms with Gasteiger partial charge in [0, 0.05) is 23.8 Å². The van der Waals surface area contributed by atoms with Crippen molar-refractivity contribution >= 4 is 23.5 Å². The lowest BCUT2D eigenvalue weighted by Gasteiger charge is -2.35. The lowest BCUT2D eigenvalue weighted by atomic mass is 9.98. The van der Waals surface area contributed by atoms with E-state index in [-0.39, 0.29) is 24.3 Å². The fourth-order valence-electron chi connectivity index (χ4n) is 2.67. The number of aromatic nitrogens is 1. The van der Waals surface area contributed by atoms with Crippen molar-refractivity contribution in [3.8, 4) is 0 Å². The Bertz CT molecular complexity index is 527. The molecule has 21 heavy (non-hydrogen) atoms. The lowest BCUT2D eigenvalue weighted by Crippen LogP contribution is -2.44. The molecule has 0 N–H and O–H groups in total. The van der Waals surface area contributed by atoms with Gasteiger partial charge in [-0.2, -0.15) is 0 Å². The summed E-state index contributed by atoms with van der Waals surface area (Å²) in [5.41, 5.74) is 1.22. The summed E-state index contributed by atoms with van der Waals surface area (Å²) in [7, 11) is 1.36. The number of carbonyl (C=O) groups excluding carboxylic acids is 2. The van der Waals surface area contributed by atoms with E-state index in [1.165, 1.54) is 7.11 Å². The van der Waals surface area contributed by atoms with Crippen molar-refractivity contribution in [1.29, 1.82) is 0 Å². The molecule has 2 heterocycles. The molecule has 0 saturated carbocycles. The van der Waals surface area contributed by atoms with Crippen LogP contribution in [0.3, 0.4) is 0 Å². The van der Waals surface area contributed by atoms with Gasteiger partial charge in [-0.3, -0.25) is 9.59 Å². The molecule has 5 nitrogen and oxygen atoms in total. The molecule has 1 fully saturated rings. The Labute approximate surface area is 129 Å². The molecule has 2 rings (SSSR count). The number of hydrogen-bond acceptors (Lipinski definition) is 4. The van der Waals surface area contributed by atoms with Crippen LogP contribution >= 0.6 is 11.6 Å². The van der Waals surface area contributed by atoms with Crippen LogP contribution in [0.2, 0.25) is 5.15 Å². The fraction of sp³-hybridized carbons (Fsp3) is 0.533. The summed E-state index contributed by atoms with van der Waals surface area (Å²) in [6.07, 6.45) is 3.02. The number of piperidine rings is 1. The van der Waals surface area contributed by atoms with E-state index in [1.807, 2.05) is 0 Å². The second kappa shape index (κ2) is 6.89. The van der Waals surface area contributed by atoms with E-state index in [4.69, 9.17) is 16.3 Å². The molecule has 0 bridgehead atoms. The number of rotatable bonds is 3. The minimum absolute atomic E-state index is 0.101. The van der Waals surface area contributed by atoms with E-state index in [9.17, 15) is 9.59 Å². The first-order valence-corrected chi connectivity index (χ1v) is 7.41. The topological polar surface area (TPSA) is 59.5 Å². The SMILES string of the molecule is COC(=O)CC1CCCCN1C(=O)c1cc(C)nc(Cl)c1. The summed E-state index contributed by atoms with van der Waals surface area (Å²) >= 11 is 5.92. The van der Waals surface area contributed by atoms with E-state index in [2.05, 4.69) is 4.98 Å². The molecule has 1 aromatic heterocycles. The molecule has 114 valence electrons. The van der Waals surface area contributed by atoms with Crippen molar-refractivity contribution in [2.24, 2.45) is 0 Å². The van der Waals surface area contributed by atoms with Gasteiger partial charge in [-0.25, -0.2) is 4.98 Å². The third-order valence-corrected chi connectivity index (χ3v) is 3.88. The van der Waals surface area contributed by atoms with Gasteiger partial charge in [-0.15, -0.1) is 0 Å². The third kappa shape index (κ3) is 3.94. The van der Waals surface area contributed by atoms with Crippen LogP contribution in [0, 0.1) is 6.92 Å². The van der Waals surface area contributed by atoms with E-state index in [0.717, 1.165) is 19.3 Å². The number of amides is 1. The molecular weight excluding hydrogens is 292 g/mol. The predicted octanol–water partition coefficient (Wildman–Crippen LogP) is 2.60. The Kier molecular flexibility index (Phi) is 5.17. The molecular formula is C15H19ClN2O3. The van der Waals surface area contributed by atoms with Gasteiger partial charge in [0.15, 0.2) is 0 Å². The van der Waals surface area contributed by atoms with Gasteiger partial charge in [0.2, 0.25) is 0 Å². The molecule has 1 atom stereocenters. The van der Waals surface area contributed by atoms with E-state index >= 15 is 0 Å². The van der Waals surface area contributed by atoms with Crippen LogP contribution in [0.25, 0.3) is 0 Å². The summed E-state index contributed by atoms with van der Waals surface area (Å²) in [5, 5.41) is 0.305. The molecule has 1 amide bonds. The maximum Gasteiger partial charge on any atom is 0.307 e. The molecule has 1 aliphatic heterocycles. The highest BCUT2D eigenvalue weighted by Crippen LogP contribution is 2.23. The second-order valence-electron chi connectivity index (χ2n) is 5.25. The van der Waals surface area contributed by atoms with Gasteiger partial charge in [0.05, 0.1) is 13.5 Å². The van der Waals surface area contributed by atoms with Crippen LogP contribution in [-0.2, 0) is 9.53 Å². The fourth-order valence-corrected chi connectivity index (χ4v) is 2.92. The molecule has 0 radical (unpaired) electrons. The van der Waals surface area contributed by atoms with E-state index in [0.29, 0.717) is 23.0 Å². The Balaban J connectivity index is 2.19. The van der Waals surface area contributed by atoms with Gasteiger partial charge in [-0.1, -0.05) is 11.6 Å². The van der Waals surface area contributed by atoms with Crippen LogP contribution in [0.1, 0.15) is 41.7 Å². The summed E-state index contributed by atoms with van der Waals surface area (Å²) < 4.78 is 4.72. The summed E-state index contributed by atoms with van der Waals surface area (Å²) in [6, 6.07) is 3.18. The predicted molar refractivity (Wildman–Crippen MR) is 79.3 cm³/mol. The van der Waals surface area contributed by atoms with Gasteiger partial charge in [-0.05, 0) is 38.3 Å². The monoisotopic (exact) mass is 310 g/mol. The van der Waals surface area contributed by atoms with Crippen LogP contribution in [0.4, 0.5) is 0 Å². The van der Waals surface area contributed by atoms with Crippen molar-refractivity contribution in [1.82, 2.24) is 9.88 Å². The lowest BCUT2D eigenvalue weighted by molar-refractivity contribution is -0.142. The molecule has 1 aromatic rings. The molecule has 0 aliphatic carbocycles. The van der Waals surface area contributed by atoms with Gasteiger partial charge < -0.3 is 9.64 Å². The van der Waals surface area contributed by atoms with Gasteiger partial charge in [0.25, 0.3) is 5.91 Å².